The quantitative estimate of drug-likeness (QED) is 0.674. The van der Waals surface area contributed by atoms with Crippen LogP contribution in [0.3, 0.4) is 0 Å². The Bertz CT molecular complexity index is 242. The van der Waals surface area contributed by atoms with Gasteiger partial charge in [-0.1, -0.05) is 6.92 Å². The number of hydrogen-bond donors (Lipinski definition) is 1. The molecule has 1 fully saturated rings. The average Bonchev–Trinajstić information content (AvgIpc) is 2.16. The minimum Gasteiger partial charge on any atom is -0.465 e. The molecular formula is C9H16N2O3. The van der Waals surface area contributed by atoms with Crippen LogP contribution in [0, 0.1) is 0 Å². The van der Waals surface area contributed by atoms with E-state index in [2.05, 4.69) is 0 Å². The lowest BCUT2D eigenvalue weighted by Gasteiger charge is -2.39. The number of hydrogen-bond acceptors (Lipinski definition) is 2. The summed E-state index contributed by atoms with van der Waals surface area (Å²) in [6, 6.07) is 0.0392. The van der Waals surface area contributed by atoms with E-state index in [0.717, 1.165) is 6.42 Å². The third-order valence-electron chi connectivity index (χ3n) is 2.63. The van der Waals surface area contributed by atoms with Gasteiger partial charge in [-0.3, -0.25) is 4.79 Å². The minimum atomic E-state index is -0.897. The molecule has 1 saturated heterocycles. The molecule has 1 atom stereocenters. The number of carbonyl (C=O) groups excluding carboxylic acids is 1. The standard InChI is InChI=1S/C9H16N2O3/c1-3-8-6-10(9(13)14)4-5-11(8)7(2)12/h8H,3-6H2,1-2H3,(H,13,14)/t8-/m0/s1. The van der Waals surface area contributed by atoms with Crippen molar-refractivity contribution in [3.63, 3.8) is 0 Å². The van der Waals surface area contributed by atoms with Crippen molar-refractivity contribution in [1.29, 1.82) is 0 Å². The van der Waals surface area contributed by atoms with Gasteiger partial charge in [-0.15, -0.1) is 0 Å². The van der Waals surface area contributed by atoms with Crippen molar-refractivity contribution in [1.82, 2.24) is 9.80 Å². The number of rotatable bonds is 1. The van der Waals surface area contributed by atoms with Crippen LogP contribution in [0.1, 0.15) is 20.3 Å². The molecule has 80 valence electrons. The fraction of sp³-hybridized carbons (Fsp3) is 0.778. The van der Waals surface area contributed by atoms with Crippen LogP contribution in [-0.2, 0) is 4.79 Å². The topological polar surface area (TPSA) is 60.9 Å². The number of piperazine rings is 1. The van der Waals surface area contributed by atoms with Gasteiger partial charge in [-0.05, 0) is 6.42 Å². The third kappa shape index (κ3) is 2.16. The minimum absolute atomic E-state index is 0.0295. The van der Waals surface area contributed by atoms with Crippen LogP contribution in [0.15, 0.2) is 0 Å². The van der Waals surface area contributed by atoms with Crippen LogP contribution >= 0.6 is 0 Å². The Kier molecular flexibility index (Phi) is 3.33. The van der Waals surface area contributed by atoms with Gasteiger partial charge in [0, 0.05) is 32.6 Å². The molecular weight excluding hydrogens is 184 g/mol. The second-order valence-electron chi connectivity index (χ2n) is 3.50. The van der Waals surface area contributed by atoms with Gasteiger partial charge in [-0.2, -0.15) is 0 Å². The summed E-state index contributed by atoms with van der Waals surface area (Å²) in [5.41, 5.74) is 0. The Hall–Kier alpha value is -1.26. The Balaban J connectivity index is 2.63. The molecule has 5 nitrogen and oxygen atoms in total. The fourth-order valence-electron chi connectivity index (χ4n) is 1.79. The molecule has 1 aliphatic rings. The van der Waals surface area contributed by atoms with Crippen molar-refractivity contribution in [2.24, 2.45) is 0 Å². The van der Waals surface area contributed by atoms with Crippen LogP contribution in [0.4, 0.5) is 4.79 Å². The number of nitrogens with zero attached hydrogens (tertiary/aromatic N) is 2. The third-order valence-corrected chi connectivity index (χ3v) is 2.63. The summed E-state index contributed by atoms with van der Waals surface area (Å²) >= 11 is 0. The summed E-state index contributed by atoms with van der Waals surface area (Å²) in [6.07, 6.45) is -0.102. The van der Waals surface area contributed by atoms with Gasteiger partial charge in [0.15, 0.2) is 0 Å². The molecule has 0 aromatic rings. The first-order valence-electron chi connectivity index (χ1n) is 4.81. The molecule has 0 aromatic heterocycles. The van der Waals surface area contributed by atoms with E-state index in [-0.39, 0.29) is 11.9 Å². The van der Waals surface area contributed by atoms with Gasteiger partial charge in [-0.25, -0.2) is 4.79 Å². The zero-order valence-electron chi connectivity index (χ0n) is 8.56. The molecule has 0 unspecified atom stereocenters. The van der Waals surface area contributed by atoms with E-state index < -0.39 is 6.09 Å². The second kappa shape index (κ2) is 4.30. The van der Waals surface area contributed by atoms with Crippen molar-refractivity contribution in [2.45, 2.75) is 26.3 Å². The summed E-state index contributed by atoms with van der Waals surface area (Å²) in [6.45, 7) is 4.86. The van der Waals surface area contributed by atoms with Gasteiger partial charge in [0.1, 0.15) is 0 Å². The molecule has 0 aromatic carbocycles. The highest BCUT2D eigenvalue weighted by Crippen LogP contribution is 2.12. The number of carbonyl (C=O) groups is 2. The van der Waals surface area contributed by atoms with E-state index in [0.29, 0.717) is 19.6 Å². The number of amides is 2. The Labute approximate surface area is 83.3 Å². The van der Waals surface area contributed by atoms with Gasteiger partial charge in [0.25, 0.3) is 0 Å². The van der Waals surface area contributed by atoms with Crippen molar-refractivity contribution in [3.05, 3.63) is 0 Å². The molecule has 0 spiro atoms. The predicted molar refractivity (Wildman–Crippen MR) is 51.1 cm³/mol. The highest BCUT2D eigenvalue weighted by Gasteiger charge is 2.29. The molecule has 1 rings (SSSR count). The summed E-state index contributed by atoms with van der Waals surface area (Å²) in [4.78, 5) is 25.0. The predicted octanol–water partition coefficient (Wildman–Crippen LogP) is 0.607. The Morgan fingerprint density at radius 2 is 2.07 bits per heavy atom. The zero-order chi connectivity index (χ0) is 10.7. The first kappa shape index (κ1) is 10.8. The first-order chi connectivity index (χ1) is 6.56. The molecule has 1 aliphatic heterocycles. The highest BCUT2D eigenvalue weighted by molar-refractivity contribution is 5.74. The van der Waals surface area contributed by atoms with Gasteiger partial charge < -0.3 is 14.9 Å². The van der Waals surface area contributed by atoms with Gasteiger partial charge in [0.05, 0.1) is 0 Å². The zero-order valence-corrected chi connectivity index (χ0v) is 8.56. The average molecular weight is 200 g/mol. The summed E-state index contributed by atoms with van der Waals surface area (Å²) in [7, 11) is 0. The van der Waals surface area contributed by atoms with E-state index in [1.54, 1.807) is 4.90 Å². The lowest BCUT2D eigenvalue weighted by molar-refractivity contribution is -0.133. The van der Waals surface area contributed by atoms with Crippen LogP contribution < -0.4 is 0 Å². The molecule has 1 heterocycles. The van der Waals surface area contributed by atoms with Crippen LogP contribution in [0.25, 0.3) is 0 Å². The molecule has 0 aliphatic carbocycles. The molecule has 0 radical (unpaired) electrons. The molecule has 14 heavy (non-hydrogen) atoms. The lowest BCUT2D eigenvalue weighted by Crippen LogP contribution is -2.55. The van der Waals surface area contributed by atoms with Crippen LogP contribution in [-0.4, -0.2) is 52.6 Å². The Morgan fingerprint density at radius 3 is 2.50 bits per heavy atom. The molecule has 0 bridgehead atoms. The largest absolute Gasteiger partial charge is 0.465 e. The second-order valence-corrected chi connectivity index (χ2v) is 3.50. The van der Waals surface area contributed by atoms with Crippen molar-refractivity contribution in [3.8, 4) is 0 Å². The molecule has 5 heteroatoms. The SMILES string of the molecule is CC[C@H]1CN(C(=O)O)CCN1C(C)=O. The normalized spacial score (nSPS) is 22.3. The maximum atomic E-state index is 11.2. The van der Waals surface area contributed by atoms with E-state index in [4.69, 9.17) is 5.11 Å². The van der Waals surface area contributed by atoms with E-state index >= 15 is 0 Å². The van der Waals surface area contributed by atoms with E-state index in [9.17, 15) is 9.59 Å². The highest BCUT2D eigenvalue weighted by atomic mass is 16.4. The smallest absolute Gasteiger partial charge is 0.407 e. The van der Waals surface area contributed by atoms with Crippen LogP contribution in [0.2, 0.25) is 0 Å². The Morgan fingerprint density at radius 1 is 1.43 bits per heavy atom. The van der Waals surface area contributed by atoms with E-state index in [1.165, 1.54) is 11.8 Å². The summed E-state index contributed by atoms with van der Waals surface area (Å²) in [5, 5.41) is 8.80. The molecule has 0 saturated carbocycles. The van der Waals surface area contributed by atoms with Crippen molar-refractivity contribution < 1.29 is 14.7 Å². The maximum Gasteiger partial charge on any atom is 0.407 e. The van der Waals surface area contributed by atoms with Crippen LogP contribution in [0.5, 0.6) is 0 Å². The number of carboxylic acid groups (broad SMARTS) is 1. The van der Waals surface area contributed by atoms with Crippen molar-refractivity contribution >= 4 is 12.0 Å². The van der Waals surface area contributed by atoms with Gasteiger partial charge in [0.2, 0.25) is 5.91 Å². The molecule has 1 N–H and O–H groups in total. The fourth-order valence-corrected chi connectivity index (χ4v) is 1.79. The maximum absolute atomic E-state index is 11.2. The van der Waals surface area contributed by atoms with Crippen molar-refractivity contribution in [2.75, 3.05) is 19.6 Å². The molecule has 2 amide bonds. The monoisotopic (exact) mass is 200 g/mol. The van der Waals surface area contributed by atoms with E-state index in [1.807, 2.05) is 6.92 Å². The summed E-state index contributed by atoms with van der Waals surface area (Å²) in [5.74, 6) is 0.0295. The van der Waals surface area contributed by atoms with Gasteiger partial charge >= 0.3 is 6.09 Å². The summed E-state index contributed by atoms with van der Waals surface area (Å²) < 4.78 is 0. The first-order valence-corrected chi connectivity index (χ1v) is 4.81. The lowest BCUT2D eigenvalue weighted by atomic mass is 10.1.